The topological polar surface area (TPSA) is 12.0 Å². The van der Waals surface area contributed by atoms with Crippen LogP contribution in [0.25, 0.3) is 0 Å². The van der Waals surface area contributed by atoms with E-state index >= 15 is 0 Å². The van der Waals surface area contributed by atoms with Gasteiger partial charge in [0.15, 0.2) is 0 Å². The summed E-state index contributed by atoms with van der Waals surface area (Å²) < 4.78 is 0. The van der Waals surface area contributed by atoms with Crippen LogP contribution in [0.15, 0.2) is 0 Å². The molecule has 0 aromatic carbocycles. The van der Waals surface area contributed by atoms with E-state index in [1.165, 1.54) is 19.5 Å². The number of hydrogen-bond donors (Lipinski definition) is 1. The summed E-state index contributed by atoms with van der Waals surface area (Å²) >= 11 is 0. The monoisotopic (exact) mass is 81.1 g/mol. The van der Waals surface area contributed by atoms with Crippen molar-refractivity contribution in [3.05, 3.63) is 0 Å². The third kappa shape index (κ3) is 1.77. The predicted molar refractivity (Wildman–Crippen MR) is 24.6 cm³/mol. The maximum absolute atomic E-state index is 3.11. The van der Waals surface area contributed by atoms with Crippen LogP contribution in [0, 0.1) is 0 Å². The molecule has 0 spiro atoms. The van der Waals surface area contributed by atoms with Gasteiger partial charge in [0.2, 0.25) is 0 Å². The third-order valence-electron chi connectivity index (χ3n) is 0.707. The molecule has 26 valence electrons. The van der Waals surface area contributed by atoms with E-state index in [0.29, 0.717) is 0 Å². The van der Waals surface area contributed by atoms with Crippen LogP contribution in [0.5, 0.6) is 0 Å². The fourth-order valence-electron chi connectivity index (χ4n) is 0.177. The molecule has 5 heavy (non-hydrogen) atoms. The van der Waals surface area contributed by atoms with E-state index in [-0.39, 0.29) is 29.6 Å². The first kappa shape index (κ1) is 5.96. The summed E-state index contributed by atoms with van der Waals surface area (Å²) in [4.78, 5) is 0. The molecule has 0 atom stereocenters. The first-order valence-corrected chi connectivity index (χ1v) is 1.71. The Hall–Kier alpha value is 0.960. The molecule has 1 saturated heterocycles. The van der Waals surface area contributed by atoms with Gasteiger partial charge in [-0.3, -0.25) is 0 Å². The van der Waals surface area contributed by atoms with E-state index < -0.39 is 0 Å². The average molecular weight is 81.1 g/mol. The van der Waals surface area contributed by atoms with Crippen molar-refractivity contribution < 1.29 is 0 Å². The minimum absolute atomic E-state index is 0. The molecule has 1 heterocycles. The van der Waals surface area contributed by atoms with E-state index in [0.717, 1.165) is 0 Å². The average Bonchev–Trinajstić information content (AvgIpc) is 0.722. The Bertz CT molecular complexity index is 14.9. The summed E-state index contributed by atoms with van der Waals surface area (Å²) in [5.74, 6) is 0. The Labute approximate surface area is 54.4 Å². The van der Waals surface area contributed by atoms with Crippen LogP contribution in [0.2, 0.25) is 0 Å². The van der Waals surface area contributed by atoms with Gasteiger partial charge in [0.1, 0.15) is 0 Å². The van der Waals surface area contributed by atoms with Crippen LogP contribution < -0.4 is 5.32 Å². The van der Waals surface area contributed by atoms with E-state index in [2.05, 4.69) is 5.32 Å². The van der Waals surface area contributed by atoms with Gasteiger partial charge >= 0.3 is 29.6 Å². The summed E-state index contributed by atoms with van der Waals surface area (Å²) in [6.07, 6.45) is 1.39. The normalized spacial score (nSPS) is 19.2. The van der Waals surface area contributed by atoms with E-state index in [4.69, 9.17) is 0 Å². The molecular weight excluding hydrogens is 73.0 g/mol. The molecule has 1 aliphatic rings. The van der Waals surface area contributed by atoms with Crippen LogP contribution in [-0.2, 0) is 0 Å². The van der Waals surface area contributed by atoms with Crippen molar-refractivity contribution in [1.29, 1.82) is 0 Å². The molecular formula is C3H8NNa. The Kier molecular flexibility index (Phi) is 3.77. The molecule has 0 bridgehead atoms. The van der Waals surface area contributed by atoms with Crippen LogP contribution in [0.1, 0.15) is 6.42 Å². The quantitative estimate of drug-likeness (QED) is 0.381. The zero-order chi connectivity index (χ0) is 2.83. The summed E-state index contributed by atoms with van der Waals surface area (Å²) in [7, 11) is 0. The summed E-state index contributed by atoms with van der Waals surface area (Å²) in [6.45, 7) is 2.50. The van der Waals surface area contributed by atoms with Crippen molar-refractivity contribution >= 4 is 29.6 Å². The molecule has 0 saturated carbocycles. The minimum atomic E-state index is 0. The molecule has 0 aromatic rings. The van der Waals surface area contributed by atoms with Gasteiger partial charge in [0.05, 0.1) is 0 Å². The van der Waals surface area contributed by atoms with Crippen molar-refractivity contribution in [1.82, 2.24) is 5.32 Å². The first-order valence-electron chi connectivity index (χ1n) is 1.71. The fraction of sp³-hybridized carbons (Fsp3) is 1.00. The van der Waals surface area contributed by atoms with Crippen molar-refractivity contribution in [2.24, 2.45) is 0 Å². The molecule has 0 aromatic heterocycles. The Morgan fingerprint density at radius 1 is 1.20 bits per heavy atom. The molecule has 0 amide bonds. The van der Waals surface area contributed by atoms with Gasteiger partial charge in [-0.2, -0.15) is 0 Å². The molecule has 1 N–H and O–H groups in total. The van der Waals surface area contributed by atoms with Gasteiger partial charge in [0, 0.05) is 0 Å². The number of nitrogens with one attached hydrogen (secondary N) is 1. The molecule has 0 unspecified atom stereocenters. The second-order valence-corrected chi connectivity index (χ2v) is 1.10. The Balaban J connectivity index is 0.000000160. The summed E-state index contributed by atoms with van der Waals surface area (Å²) in [5.41, 5.74) is 0. The van der Waals surface area contributed by atoms with Crippen molar-refractivity contribution in [3.63, 3.8) is 0 Å². The van der Waals surface area contributed by atoms with Gasteiger partial charge in [-0.25, -0.2) is 0 Å². The van der Waals surface area contributed by atoms with Crippen molar-refractivity contribution in [3.8, 4) is 0 Å². The molecule has 0 aliphatic carbocycles. The summed E-state index contributed by atoms with van der Waals surface area (Å²) in [6, 6.07) is 0. The van der Waals surface area contributed by atoms with Gasteiger partial charge in [-0.1, -0.05) is 0 Å². The number of rotatable bonds is 0. The maximum atomic E-state index is 3.11. The molecule has 1 nitrogen and oxygen atoms in total. The van der Waals surface area contributed by atoms with Gasteiger partial charge in [0.25, 0.3) is 0 Å². The zero-order valence-electron chi connectivity index (χ0n) is 2.62. The fourth-order valence-corrected chi connectivity index (χ4v) is 0.177. The SMILES string of the molecule is C1CNC1.[NaH]. The van der Waals surface area contributed by atoms with Crippen LogP contribution in [0.3, 0.4) is 0 Å². The summed E-state index contributed by atoms with van der Waals surface area (Å²) in [5, 5.41) is 3.11. The van der Waals surface area contributed by atoms with Gasteiger partial charge < -0.3 is 5.32 Å². The third-order valence-corrected chi connectivity index (χ3v) is 0.707. The molecule has 1 rings (SSSR count). The van der Waals surface area contributed by atoms with Gasteiger partial charge in [-0.05, 0) is 19.5 Å². The zero-order valence-corrected chi connectivity index (χ0v) is 2.62. The van der Waals surface area contributed by atoms with Crippen molar-refractivity contribution in [2.45, 2.75) is 6.42 Å². The van der Waals surface area contributed by atoms with Crippen LogP contribution in [0.4, 0.5) is 0 Å². The van der Waals surface area contributed by atoms with Crippen LogP contribution >= 0.6 is 0 Å². The molecule has 0 radical (unpaired) electrons. The first-order chi connectivity index (χ1) is 2.00. The standard InChI is InChI=1S/C3H7N.Na.H/c1-2-4-3-1;;/h4H,1-3H2;;. The van der Waals surface area contributed by atoms with E-state index in [1.54, 1.807) is 0 Å². The Morgan fingerprint density at radius 3 is 1.40 bits per heavy atom. The molecule has 2 heteroatoms. The van der Waals surface area contributed by atoms with E-state index in [9.17, 15) is 0 Å². The number of hydrogen-bond acceptors (Lipinski definition) is 1. The van der Waals surface area contributed by atoms with Gasteiger partial charge in [-0.15, -0.1) is 0 Å². The Morgan fingerprint density at radius 2 is 1.40 bits per heavy atom. The second kappa shape index (κ2) is 3.16. The molecule has 1 aliphatic heterocycles. The van der Waals surface area contributed by atoms with Crippen molar-refractivity contribution in [2.75, 3.05) is 13.1 Å². The van der Waals surface area contributed by atoms with Crippen LogP contribution in [-0.4, -0.2) is 42.6 Å². The second-order valence-electron chi connectivity index (χ2n) is 1.10. The molecule has 1 fully saturated rings. The predicted octanol–water partition coefficient (Wildman–Crippen LogP) is -0.669. The van der Waals surface area contributed by atoms with E-state index in [1.807, 2.05) is 0 Å².